The van der Waals surface area contributed by atoms with Gasteiger partial charge in [0, 0.05) is 26.1 Å². The molecule has 0 aromatic heterocycles. The van der Waals surface area contributed by atoms with Crippen LogP contribution in [0.5, 0.6) is 0 Å². The first kappa shape index (κ1) is 26.4. The standard InChI is InChI=1S/C25H35N3O4S/c1-6-26-25(30)21(4)27(18-22-10-7-9-20(3)17-22)24(29)11-8-16-28(33(5,31)32)23-14-12-19(2)13-15-23/h7,9-10,12-15,17,21H,6,8,11,16,18H2,1-5H3,(H,26,30)/t21-/m0/s1. The largest absolute Gasteiger partial charge is 0.355 e. The molecule has 8 heteroatoms. The van der Waals surface area contributed by atoms with Crippen molar-refractivity contribution in [3.63, 3.8) is 0 Å². The lowest BCUT2D eigenvalue weighted by atomic mass is 10.1. The second kappa shape index (κ2) is 11.8. The van der Waals surface area contributed by atoms with Gasteiger partial charge >= 0.3 is 0 Å². The van der Waals surface area contributed by atoms with Crippen molar-refractivity contribution < 1.29 is 18.0 Å². The molecule has 0 aliphatic carbocycles. The molecule has 0 radical (unpaired) electrons. The smallest absolute Gasteiger partial charge is 0.242 e. The summed E-state index contributed by atoms with van der Waals surface area (Å²) in [6.45, 7) is 8.44. The Kier molecular flexibility index (Phi) is 9.46. The Labute approximate surface area is 197 Å². The van der Waals surface area contributed by atoms with Crippen molar-refractivity contribution >= 4 is 27.5 Å². The number of likely N-dealkylation sites (N-methyl/N-ethyl adjacent to an activating group) is 1. The first-order chi connectivity index (χ1) is 15.5. The average Bonchev–Trinajstić information content (AvgIpc) is 2.74. The highest BCUT2D eigenvalue weighted by molar-refractivity contribution is 7.92. The lowest BCUT2D eigenvalue weighted by molar-refractivity contribution is -0.140. The highest BCUT2D eigenvalue weighted by Gasteiger charge is 2.26. The zero-order chi connectivity index (χ0) is 24.6. The third-order valence-corrected chi connectivity index (χ3v) is 6.62. The van der Waals surface area contributed by atoms with Crippen molar-refractivity contribution in [3.05, 3.63) is 65.2 Å². The van der Waals surface area contributed by atoms with Crippen LogP contribution in [-0.4, -0.2) is 50.5 Å². The lowest BCUT2D eigenvalue weighted by Gasteiger charge is -2.29. The molecule has 2 rings (SSSR count). The second-order valence-electron chi connectivity index (χ2n) is 8.36. The molecule has 33 heavy (non-hydrogen) atoms. The Morgan fingerprint density at radius 3 is 2.27 bits per heavy atom. The van der Waals surface area contributed by atoms with Crippen LogP contribution in [0, 0.1) is 13.8 Å². The molecule has 0 saturated carbocycles. The van der Waals surface area contributed by atoms with Crippen LogP contribution in [0.1, 0.15) is 43.4 Å². The van der Waals surface area contributed by atoms with Gasteiger partial charge in [-0.15, -0.1) is 0 Å². The van der Waals surface area contributed by atoms with Crippen LogP contribution in [-0.2, 0) is 26.2 Å². The molecule has 0 fully saturated rings. The predicted molar refractivity (Wildman–Crippen MR) is 132 cm³/mol. The Hall–Kier alpha value is -2.87. The molecule has 0 aliphatic rings. The van der Waals surface area contributed by atoms with E-state index in [-0.39, 0.29) is 24.8 Å². The summed E-state index contributed by atoms with van der Waals surface area (Å²) >= 11 is 0. The fourth-order valence-corrected chi connectivity index (χ4v) is 4.59. The van der Waals surface area contributed by atoms with Crippen LogP contribution in [0.15, 0.2) is 48.5 Å². The molecule has 2 aromatic carbocycles. The van der Waals surface area contributed by atoms with E-state index in [1.54, 1.807) is 24.0 Å². The SMILES string of the molecule is CCNC(=O)[C@H](C)N(Cc1cccc(C)c1)C(=O)CCCN(c1ccc(C)cc1)S(C)(=O)=O. The summed E-state index contributed by atoms with van der Waals surface area (Å²) < 4.78 is 26.0. The van der Waals surface area contributed by atoms with Crippen LogP contribution in [0.25, 0.3) is 0 Å². The number of amides is 2. The van der Waals surface area contributed by atoms with E-state index in [9.17, 15) is 18.0 Å². The van der Waals surface area contributed by atoms with Gasteiger partial charge in [0.25, 0.3) is 0 Å². The summed E-state index contributed by atoms with van der Waals surface area (Å²) in [5.41, 5.74) is 3.63. The summed E-state index contributed by atoms with van der Waals surface area (Å²) in [7, 11) is -3.50. The molecule has 0 heterocycles. The van der Waals surface area contributed by atoms with Gasteiger partial charge in [-0.1, -0.05) is 47.5 Å². The van der Waals surface area contributed by atoms with Crippen molar-refractivity contribution in [1.82, 2.24) is 10.2 Å². The molecule has 1 atom stereocenters. The number of hydrogen-bond acceptors (Lipinski definition) is 4. The van der Waals surface area contributed by atoms with Gasteiger partial charge in [0.2, 0.25) is 21.8 Å². The minimum absolute atomic E-state index is 0.132. The number of sulfonamides is 1. The monoisotopic (exact) mass is 473 g/mol. The van der Waals surface area contributed by atoms with Crippen molar-refractivity contribution in [1.29, 1.82) is 0 Å². The quantitative estimate of drug-likeness (QED) is 0.542. The molecule has 2 amide bonds. The van der Waals surface area contributed by atoms with E-state index < -0.39 is 16.1 Å². The highest BCUT2D eigenvalue weighted by Crippen LogP contribution is 2.20. The van der Waals surface area contributed by atoms with Gasteiger partial charge in [-0.05, 0) is 51.8 Å². The highest BCUT2D eigenvalue weighted by atomic mass is 32.2. The fourth-order valence-electron chi connectivity index (χ4n) is 3.63. The number of benzene rings is 2. The van der Waals surface area contributed by atoms with Gasteiger partial charge in [0.05, 0.1) is 11.9 Å². The molecule has 0 unspecified atom stereocenters. The third kappa shape index (κ3) is 7.89. The fraction of sp³-hybridized carbons (Fsp3) is 0.440. The van der Waals surface area contributed by atoms with E-state index in [1.165, 1.54) is 4.31 Å². The molecule has 180 valence electrons. The molecular formula is C25H35N3O4S. The summed E-state index contributed by atoms with van der Waals surface area (Å²) in [6, 6.07) is 14.4. The van der Waals surface area contributed by atoms with E-state index >= 15 is 0 Å². The molecule has 7 nitrogen and oxygen atoms in total. The van der Waals surface area contributed by atoms with Crippen LogP contribution < -0.4 is 9.62 Å². The maximum Gasteiger partial charge on any atom is 0.242 e. The molecule has 1 N–H and O–H groups in total. The van der Waals surface area contributed by atoms with Crippen LogP contribution in [0.2, 0.25) is 0 Å². The third-order valence-electron chi connectivity index (χ3n) is 5.43. The number of anilines is 1. The van der Waals surface area contributed by atoms with Gasteiger partial charge in [-0.25, -0.2) is 8.42 Å². The first-order valence-electron chi connectivity index (χ1n) is 11.2. The van der Waals surface area contributed by atoms with Gasteiger partial charge in [0.1, 0.15) is 6.04 Å². The van der Waals surface area contributed by atoms with Crippen LogP contribution in [0.3, 0.4) is 0 Å². The number of nitrogens with one attached hydrogen (secondary N) is 1. The van der Waals surface area contributed by atoms with Gasteiger partial charge in [-0.2, -0.15) is 0 Å². The molecular weight excluding hydrogens is 438 g/mol. The maximum absolute atomic E-state index is 13.2. The van der Waals surface area contributed by atoms with Crippen molar-refractivity contribution in [2.24, 2.45) is 0 Å². The van der Waals surface area contributed by atoms with Gasteiger partial charge < -0.3 is 10.2 Å². The summed E-state index contributed by atoms with van der Waals surface area (Å²) in [4.78, 5) is 27.2. The minimum atomic E-state index is -3.50. The second-order valence-corrected chi connectivity index (χ2v) is 10.3. The number of carbonyl (C=O) groups is 2. The Morgan fingerprint density at radius 2 is 1.70 bits per heavy atom. The van der Waals surface area contributed by atoms with Crippen molar-refractivity contribution in [2.45, 2.75) is 53.1 Å². The van der Waals surface area contributed by atoms with Crippen molar-refractivity contribution in [3.8, 4) is 0 Å². The van der Waals surface area contributed by atoms with E-state index in [1.807, 2.05) is 57.2 Å². The number of rotatable bonds is 11. The number of aryl methyl sites for hydroxylation is 2. The molecule has 2 aromatic rings. The average molecular weight is 474 g/mol. The summed E-state index contributed by atoms with van der Waals surface area (Å²) in [5, 5.41) is 2.78. The zero-order valence-corrected chi connectivity index (χ0v) is 21.0. The lowest BCUT2D eigenvalue weighted by Crippen LogP contribution is -2.47. The molecule has 0 bridgehead atoms. The number of nitrogens with zero attached hydrogens (tertiary/aromatic N) is 2. The van der Waals surface area contributed by atoms with Crippen molar-refractivity contribution in [2.75, 3.05) is 23.7 Å². The number of hydrogen-bond donors (Lipinski definition) is 1. The Morgan fingerprint density at radius 1 is 1.03 bits per heavy atom. The molecule has 0 spiro atoms. The predicted octanol–water partition coefficient (Wildman–Crippen LogP) is 3.40. The Bertz CT molecular complexity index is 1050. The van der Waals surface area contributed by atoms with Gasteiger partial charge in [-0.3, -0.25) is 13.9 Å². The Balaban J connectivity index is 2.14. The summed E-state index contributed by atoms with van der Waals surface area (Å²) in [6.07, 6.45) is 1.63. The van der Waals surface area contributed by atoms with E-state index in [0.717, 1.165) is 22.9 Å². The van der Waals surface area contributed by atoms with Gasteiger partial charge in [0.15, 0.2) is 0 Å². The summed E-state index contributed by atoms with van der Waals surface area (Å²) in [5.74, 6) is -0.400. The van der Waals surface area contributed by atoms with Crippen LogP contribution in [0.4, 0.5) is 5.69 Å². The first-order valence-corrected chi connectivity index (χ1v) is 13.0. The number of carbonyl (C=O) groups excluding carboxylic acids is 2. The van der Waals surface area contributed by atoms with E-state index in [4.69, 9.17) is 0 Å². The molecule has 0 saturated heterocycles. The maximum atomic E-state index is 13.2. The topological polar surface area (TPSA) is 86.8 Å². The normalized spacial score (nSPS) is 12.2. The minimum Gasteiger partial charge on any atom is -0.355 e. The van der Waals surface area contributed by atoms with E-state index in [0.29, 0.717) is 25.2 Å². The van der Waals surface area contributed by atoms with Crippen LogP contribution >= 0.6 is 0 Å². The zero-order valence-electron chi connectivity index (χ0n) is 20.2. The molecule has 0 aliphatic heterocycles. The van der Waals surface area contributed by atoms with E-state index in [2.05, 4.69) is 5.32 Å².